The molecule has 0 aromatic heterocycles. The highest BCUT2D eigenvalue weighted by atomic mass is 19.2. The minimum Gasteiger partial charge on any atom is -0.460 e. The molecule has 2 rings (SSSR count). The molecule has 0 aliphatic heterocycles. The van der Waals surface area contributed by atoms with E-state index in [1.807, 2.05) is 0 Å². The van der Waals surface area contributed by atoms with Gasteiger partial charge in [-0.3, -0.25) is 4.79 Å². The van der Waals surface area contributed by atoms with Gasteiger partial charge in [0.15, 0.2) is 23.3 Å². The molecule has 1 N–H and O–H groups in total. The smallest absolute Gasteiger partial charge is 0.310 e. The number of nitriles is 1. The average Bonchev–Trinajstić information content (AvgIpc) is 3.24. The van der Waals surface area contributed by atoms with Crippen LogP contribution in [0, 0.1) is 51.9 Å². The normalized spacial score (nSPS) is 21.0. The topological polar surface area (TPSA) is 79.5 Å². The second-order valence-electron chi connectivity index (χ2n) is 7.16. The van der Waals surface area contributed by atoms with Crippen LogP contribution in [-0.2, 0) is 27.5 Å². The van der Waals surface area contributed by atoms with Crippen LogP contribution in [0.3, 0.4) is 0 Å². The predicted molar refractivity (Wildman–Crippen MR) is 88.3 cm³/mol. The number of esters is 1. The summed E-state index contributed by atoms with van der Waals surface area (Å²) in [4.78, 5) is 12.3. The molecule has 0 saturated heterocycles. The maximum atomic E-state index is 14.1. The number of carbonyl (C=O) groups is 1. The molecule has 1 aliphatic rings. The maximum absolute atomic E-state index is 14.1. The predicted octanol–water partition coefficient (Wildman–Crippen LogP) is 3.15. The van der Waals surface area contributed by atoms with Crippen LogP contribution in [0.15, 0.2) is 12.2 Å². The van der Waals surface area contributed by atoms with Crippen LogP contribution >= 0.6 is 0 Å². The lowest BCUT2D eigenvalue weighted by Gasteiger charge is -2.12. The van der Waals surface area contributed by atoms with E-state index >= 15 is 0 Å². The first kappa shape index (κ1) is 21.9. The van der Waals surface area contributed by atoms with Crippen LogP contribution in [0.1, 0.15) is 25.0 Å². The fourth-order valence-corrected chi connectivity index (χ4v) is 3.35. The molecule has 0 bridgehead atoms. The maximum Gasteiger partial charge on any atom is 0.310 e. The van der Waals surface area contributed by atoms with Crippen molar-refractivity contribution in [3.05, 3.63) is 46.5 Å². The summed E-state index contributed by atoms with van der Waals surface area (Å²) >= 11 is 0. The molecule has 3 atom stereocenters. The van der Waals surface area contributed by atoms with Crippen molar-refractivity contribution in [2.75, 3.05) is 7.11 Å². The number of halogens is 4. The first-order chi connectivity index (χ1) is 13.0. The fraction of sp³-hybridized carbons (Fsp3) is 0.474. The van der Waals surface area contributed by atoms with Crippen molar-refractivity contribution >= 4 is 5.97 Å². The average molecular weight is 401 g/mol. The van der Waals surface area contributed by atoms with Gasteiger partial charge in [0.25, 0.3) is 0 Å². The van der Waals surface area contributed by atoms with Crippen molar-refractivity contribution in [3.63, 3.8) is 0 Å². The Bertz CT molecular complexity index is 833. The molecule has 0 spiro atoms. The summed E-state index contributed by atoms with van der Waals surface area (Å²) < 4.78 is 65.4. The third-order valence-electron chi connectivity index (χ3n) is 5.10. The molecule has 1 saturated carbocycles. The van der Waals surface area contributed by atoms with Crippen molar-refractivity contribution < 1.29 is 36.9 Å². The van der Waals surface area contributed by atoms with Gasteiger partial charge < -0.3 is 14.6 Å². The van der Waals surface area contributed by atoms with Gasteiger partial charge in [0, 0.05) is 13.0 Å². The quantitative estimate of drug-likeness (QED) is 0.329. The first-order valence-corrected chi connectivity index (χ1v) is 8.26. The molecular formula is C19H19F4NO4. The van der Waals surface area contributed by atoms with E-state index in [1.165, 1.54) is 0 Å². The number of carbonyl (C=O) groups excluding carboxylic acids is 1. The summed E-state index contributed by atoms with van der Waals surface area (Å²) in [5.74, 6) is -9.08. The molecule has 152 valence electrons. The highest BCUT2D eigenvalue weighted by Gasteiger charge is 2.65. The van der Waals surface area contributed by atoms with E-state index in [9.17, 15) is 27.5 Å². The summed E-state index contributed by atoms with van der Waals surface area (Å²) in [6, 6.07) is 1.69. The Hall–Kier alpha value is -2.44. The van der Waals surface area contributed by atoms with Gasteiger partial charge in [-0.1, -0.05) is 20.4 Å². The zero-order valence-corrected chi connectivity index (χ0v) is 15.5. The van der Waals surface area contributed by atoms with Crippen LogP contribution in [0.5, 0.6) is 0 Å². The molecule has 5 nitrogen and oxygen atoms in total. The highest BCUT2D eigenvalue weighted by Crippen LogP contribution is 2.61. The number of benzene rings is 1. The standard InChI is InChI=1S/C19H19F4NO4/c1-8(5-24)17(25)11-12(19(11,2)3)18(26)28-7-10-15(22)13(20)9(6-27-4)14(21)16(10)23/h11-12,17,25H,1,6-7H2,2-4H3/t11-,12-,17?/m0/s1. The summed E-state index contributed by atoms with van der Waals surface area (Å²) in [6.07, 6.45) is -1.28. The number of nitrogens with zero attached hydrogens (tertiary/aromatic N) is 1. The van der Waals surface area contributed by atoms with Crippen molar-refractivity contribution in [1.29, 1.82) is 5.26 Å². The number of hydrogen-bond acceptors (Lipinski definition) is 5. The van der Waals surface area contributed by atoms with E-state index in [0.29, 0.717) is 0 Å². The van der Waals surface area contributed by atoms with E-state index in [4.69, 9.17) is 10.00 Å². The van der Waals surface area contributed by atoms with Crippen molar-refractivity contribution in [2.45, 2.75) is 33.2 Å². The molecule has 28 heavy (non-hydrogen) atoms. The summed E-state index contributed by atoms with van der Waals surface area (Å²) in [6.45, 7) is 4.96. The molecule has 1 aromatic rings. The fourth-order valence-electron chi connectivity index (χ4n) is 3.35. The lowest BCUT2D eigenvalue weighted by molar-refractivity contribution is -0.148. The second-order valence-corrected chi connectivity index (χ2v) is 7.16. The van der Waals surface area contributed by atoms with E-state index in [0.717, 1.165) is 7.11 Å². The second kappa shape index (κ2) is 7.89. The number of aliphatic hydroxyl groups excluding tert-OH is 1. The molecule has 0 radical (unpaired) electrons. The molecule has 9 heteroatoms. The lowest BCUT2D eigenvalue weighted by Crippen LogP contribution is -2.18. The van der Waals surface area contributed by atoms with Crippen LogP contribution < -0.4 is 0 Å². The summed E-state index contributed by atoms with van der Waals surface area (Å²) in [5, 5.41) is 18.9. The van der Waals surface area contributed by atoms with E-state index in [2.05, 4.69) is 11.3 Å². The molecule has 0 heterocycles. The van der Waals surface area contributed by atoms with Crippen LogP contribution in [0.25, 0.3) is 0 Å². The zero-order valence-electron chi connectivity index (χ0n) is 15.5. The van der Waals surface area contributed by atoms with Gasteiger partial charge in [-0.25, -0.2) is 17.6 Å². The third-order valence-corrected chi connectivity index (χ3v) is 5.10. The van der Waals surface area contributed by atoms with Crippen molar-refractivity contribution in [1.82, 2.24) is 0 Å². The Labute approximate surface area is 159 Å². The molecule has 1 aliphatic carbocycles. The first-order valence-electron chi connectivity index (χ1n) is 8.26. The van der Waals surface area contributed by atoms with E-state index in [-0.39, 0.29) is 5.57 Å². The van der Waals surface area contributed by atoms with E-state index in [1.54, 1.807) is 19.9 Å². The van der Waals surface area contributed by atoms with Crippen molar-refractivity contribution in [2.24, 2.45) is 17.3 Å². The molecule has 1 fully saturated rings. The third kappa shape index (κ3) is 3.62. The Morgan fingerprint density at radius 3 is 2.07 bits per heavy atom. The summed E-state index contributed by atoms with van der Waals surface area (Å²) in [5.41, 5.74) is -2.87. The molecular weight excluding hydrogens is 382 g/mol. The van der Waals surface area contributed by atoms with Gasteiger partial charge in [0.2, 0.25) is 0 Å². The Morgan fingerprint density at radius 2 is 1.64 bits per heavy atom. The Kier molecular flexibility index (Phi) is 6.16. The minimum absolute atomic E-state index is 0.136. The summed E-state index contributed by atoms with van der Waals surface area (Å²) in [7, 11) is 1.10. The largest absolute Gasteiger partial charge is 0.460 e. The number of ether oxygens (including phenoxy) is 2. The SMILES string of the molecule is C=C(C#N)C(O)[C@@H]1[C@@H](C(=O)OCc2c(F)c(F)c(COC)c(F)c2F)C1(C)C. The van der Waals surface area contributed by atoms with Crippen molar-refractivity contribution in [3.8, 4) is 6.07 Å². The lowest BCUT2D eigenvalue weighted by atomic mass is 10.0. The highest BCUT2D eigenvalue weighted by molar-refractivity contribution is 5.78. The number of rotatable bonds is 7. The molecule has 0 amide bonds. The molecule has 1 unspecified atom stereocenters. The van der Waals surface area contributed by atoms with Crippen LogP contribution in [0.4, 0.5) is 17.6 Å². The monoisotopic (exact) mass is 401 g/mol. The Morgan fingerprint density at radius 1 is 1.18 bits per heavy atom. The number of hydrogen-bond donors (Lipinski definition) is 1. The number of aliphatic hydroxyl groups is 1. The Balaban J connectivity index is 2.18. The van der Waals surface area contributed by atoms with Gasteiger partial charge >= 0.3 is 5.97 Å². The van der Waals surface area contributed by atoms with Gasteiger partial charge in [-0.15, -0.1) is 0 Å². The van der Waals surface area contributed by atoms with Crippen LogP contribution in [0.2, 0.25) is 0 Å². The van der Waals surface area contributed by atoms with Gasteiger partial charge in [-0.2, -0.15) is 5.26 Å². The number of methoxy groups -OCH3 is 1. The van der Waals surface area contributed by atoms with Gasteiger partial charge in [0.1, 0.15) is 6.61 Å². The zero-order chi connectivity index (χ0) is 21.4. The van der Waals surface area contributed by atoms with Gasteiger partial charge in [-0.05, 0) is 5.41 Å². The molecule has 1 aromatic carbocycles. The van der Waals surface area contributed by atoms with Crippen LogP contribution in [-0.4, -0.2) is 24.3 Å². The minimum atomic E-state index is -1.68. The van der Waals surface area contributed by atoms with Gasteiger partial charge in [0.05, 0.1) is 41.4 Å². The van der Waals surface area contributed by atoms with E-state index < -0.39 is 76.9 Å².